The van der Waals surface area contributed by atoms with Crippen LogP contribution in [0.1, 0.15) is 61.9 Å². The van der Waals surface area contributed by atoms with E-state index in [4.69, 9.17) is 0 Å². The molecule has 3 rings (SSSR count). The topological polar surface area (TPSA) is 46.9 Å². The SMILES string of the molecule is Cc1nn(-c2ccccc2)c(C)c1CNC(=O)CCC1CCCCC1. The van der Waals surface area contributed by atoms with Gasteiger partial charge in [0.1, 0.15) is 0 Å². The highest BCUT2D eigenvalue weighted by atomic mass is 16.1. The number of benzene rings is 1. The minimum atomic E-state index is 0.164. The summed E-state index contributed by atoms with van der Waals surface area (Å²) in [5, 5.41) is 7.74. The molecule has 0 saturated heterocycles. The van der Waals surface area contributed by atoms with Crippen LogP contribution in [0.2, 0.25) is 0 Å². The molecule has 1 amide bonds. The van der Waals surface area contributed by atoms with E-state index in [2.05, 4.69) is 17.3 Å². The van der Waals surface area contributed by atoms with E-state index in [0.717, 1.165) is 35.0 Å². The first kappa shape index (κ1) is 17.7. The van der Waals surface area contributed by atoms with Crippen molar-refractivity contribution >= 4 is 5.91 Å². The van der Waals surface area contributed by atoms with Crippen LogP contribution in [0, 0.1) is 19.8 Å². The number of para-hydroxylation sites is 1. The highest BCUT2D eigenvalue weighted by Gasteiger charge is 2.16. The quantitative estimate of drug-likeness (QED) is 0.844. The summed E-state index contributed by atoms with van der Waals surface area (Å²) in [6.07, 6.45) is 8.33. The molecular formula is C21H29N3O. The predicted octanol–water partition coefficient (Wildman–Crippen LogP) is 4.47. The van der Waals surface area contributed by atoms with E-state index >= 15 is 0 Å². The summed E-state index contributed by atoms with van der Waals surface area (Å²) in [5.41, 5.74) is 4.25. The lowest BCUT2D eigenvalue weighted by Crippen LogP contribution is -2.24. The van der Waals surface area contributed by atoms with Crippen LogP contribution < -0.4 is 5.32 Å². The van der Waals surface area contributed by atoms with Gasteiger partial charge in [-0.3, -0.25) is 4.79 Å². The van der Waals surface area contributed by atoms with Gasteiger partial charge >= 0.3 is 0 Å². The van der Waals surface area contributed by atoms with Gasteiger partial charge in [0.05, 0.1) is 11.4 Å². The second-order valence-electron chi connectivity index (χ2n) is 7.22. The molecule has 134 valence electrons. The predicted molar refractivity (Wildman–Crippen MR) is 101 cm³/mol. The molecule has 2 aromatic rings. The maximum absolute atomic E-state index is 12.2. The van der Waals surface area contributed by atoms with Gasteiger partial charge in [-0.2, -0.15) is 5.10 Å². The highest BCUT2D eigenvalue weighted by Crippen LogP contribution is 2.27. The minimum Gasteiger partial charge on any atom is -0.352 e. The van der Waals surface area contributed by atoms with Crippen LogP contribution in [0.25, 0.3) is 5.69 Å². The fourth-order valence-corrected chi connectivity index (χ4v) is 3.84. The van der Waals surface area contributed by atoms with Crippen molar-refractivity contribution in [3.05, 3.63) is 47.3 Å². The van der Waals surface area contributed by atoms with Gasteiger partial charge in [0, 0.05) is 24.2 Å². The average molecular weight is 339 g/mol. The van der Waals surface area contributed by atoms with Crippen molar-refractivity contribution < 1.29 is 4.79 Å². The monoisotopic (exact) mass is 339 g/mol. The third kappa shape index (κ3) is 4.50. The van der Waals surface area contributed by atoms with Crippen molar-refractivity contribution in [1.29, 1.82) is 0 Å². The highest BCUT2D eigenvalue weighted by molar-refractivity contribution is 5.75. The number of rotatable bonds is 6. The first-order valence-corrected chi connectivity index (χ1v) is 9.52. The van der Waals surface area contributed by atoms with Gasteiger partial charge in [-0.05, 0) is 38.3 Å². The summed E-state index contributed by atoms with van der Waals surface area (Å²) in [4.78, 5) is 12.2. The Hall–Kier alpha value is -2.10. The van der Waals surface area contributed by atoms with Crippen molar-refractivity contribution in [2.24, 2.45) is 5.92 Å². The lowest BCUT2D eigenvalue weighted by Gasteiger charge is -2.21. The molecule has 0 atom stereocenters. The Balaban J connectivity index is 1.56. The summed E-state index contributed by atoms with van der Waals surface area (Å²) in [6, 6.07) is 10.1. The molecule has 1 aromatic carbocycles. The van der Waals surface area contributed by atoms with Crippen LogP contribution in [-0.2, 0) is 11.3 Å². The van der Waals surface area contributed by atoms with Gasteiger partial charge in [0.25, 0.3) is 0 Å². The number of carbonyl (C=O) groups excluding carboxylic acids is 1. The molecule has 0 radical (unpaired) electrons. The fraction of sp³-hybridized carbons (Fsp3) is 0.524. The van der Waals surface area contributed by atoms with E-state index in [1.165, 1.54) is 32.1 Å². The van der Waals surface area contributed by atoms with Crippen molar-refractivity contribution in [2.45, 2.75) is 65.3 Å². The van der Waals surface area contributed by atoms with E-state index in [9.17, 15) is 4.79 Å². The normalized spacial score (nSPS) is 15.3. The maximum Gasteiger partial charge on any atom is 0.220 e. The molecule has 0 aliphatic heterocycles. The van der Waals surface area contributed by atoms with Gasteiger partial charge in [0.15, 0.2) is 0 Å². The Labute approximate surface area is 150 Å². The fourth-order valence-electron chi connectivity index (χ4n) is 3.84. The van der Waals surface area contributed by atoms with Crippen molar-refractivity contribution in [2.75, 3.05) is 0 Å². The van der Waals surface area contributed by atoms with E-state index in [0.29, 0.717) is 13.0 Å². The van der Waals surface area contributed by atoms with Crippen molar-refractivity contribution in [3.63, 3.8) is 0 Å². The zero-order valence-corrected chi connectivity index (χ0v) is 15.4. The summed E-state index contributed by atoms with van der Waals surface area (Å²) in [5.74, 6) is 0.917. The van der Waals surface area contributed by atoms with Gasteiger partial charge in [-0.25, -0.2) is 4.68 Å². The molecular weight excluding hydrogens is 310 g/mol. The zero-order valence-electron chi connectivity index (χ0n) is 15.4. The van der Waals surface area contributed by atoms with Gasteiger partial charge in [0.2, 0.25) is 5.91 Å². The zero-order chi connectivity index (χ0) is 17.6. The lowest BCUT2D eigenvalue weighted by molar-refractivity contribution is -0.121. The molecule has 1 aromatic heterocycles. The molecule has 4 nitrogen and oxygen atoms in total. The van der Waals surface area contributed by atoms with Crippen LogP contribution in [0.3, 0.4) is 0 Å². The number of aromatic nitrogens is 2. The minimum absolute atomic E-state index is 0.164. The Morgan fingerprint density at radius 3 is 2.60 bits per heavy atom. The van der Waals surface area contributed by atoms with E-state index in [1.54, 1.807) is 0 Å². The number of hydrogen-bond acceptors (Lipinski definition) is 2. The summed E-state index contributed by atoms with van der Waals surface area (Å²) >= 11 is 0. The van der Waals surface area contributed by atoms with E-state index < -0.39 is 0 Å². The van der Waals surface area contributed by atoms with Crippen LogP contribution in [0.4, 0.5) is 0 Å². The first-order valence-electron chi connectivity index (χ1n) is 9.52. The molecule has 0 spiro atoms. The molecule has 1 N–H and O–H groups in total. The van der Waals surface area contributed by atoms with Crippen LogP contribution in [0.5, 0.6) is 0 Å². The number of nitrogens with one attached hydrogen (secondary N) is 1. The summed E-state index contributed by atoms with van der Waals surface area (Å²) < 4.78 is 1.96. The first-order chi connectivity index (χ1) is 12.1. The van der Waals surface area contributed by atoms with E-state index in [-0.39, 0.29) is 5.91 Å². The van der Waals surface area contributed by atoms with Crippen LogP contribution >= 0.6 is 0 Å². The molecule has 1 fully saturated rings. The summed E-state index contributed by atoms with van der Waals surface area (Å²) in [7, 11) is 0. The Kier molecular flexibility index (Phi) is 5.90. The third-order valence-electron chi connectivity index (χ3n) is 5.41. The largest absolute Gasteiger partial charge is 0.352 e. The second-order valence-corrected chi connectivity index (χ2v) is 7.22. The van der Waals surface area contributed by atoms with Crippen molar-refractivity contribution in [3.8, 4) is 5.69 Å². The average Bonchev–Trinajstić information content (AvgIpc) is 2.94. The third-order valence-corrected chi connectivity index (χ3v) is 5.41. The van der Waals surface area contributed by atoms with Gasteiger partial charge < -0.3 is 5.32 Å². The standard InChI is InChI=1S/C21H29N3O/c1-16-20(17(2)24(23-16)19-11-7-4-8-12-19)15-22-21(25)14-13-18-9-5-3-6-10-18/h4,7-8,11-12,18H,3,5-6,9-10,13-15H2,1-2H3,(H,22,25). The summed E-state index contributed by atoms with van der Waals surface area (Å²) in [6.45, 7) is 4.64. The molecule has 1 aliphatic rings. The molecule has 4 heteroatoms. The number of amides is 1. The molecule has 1 heterocycles. The van der Waals surface area contributed by atoms with Crippen LogP contribution in [-0.4, -0.2) is 15.7 Å². The molecule has 0 bridgehead atoms. The number of carbonyl (C=O) groups is 1. The van der Waals surface area contributed by atoms with E-state index in [1.807, 2.05) is 41.9 Å². The Bertz CT molecular complexity index is 699. The smallest absolute Gasteiger partial charge is 0.220 e. The molecule has 1 aliphatic carbocycles. The Morgan fingerprint density at radius 2 is 1.88 bits per heavy atom. The van der Waals surface area contributed by atoms with Crippen LogP contribution in [0.15, 0.2) is 30.3 Å². The van der Waals surface area contributed by atoms with Gasteiger partial charge in [-0.15, -0.1) is 0 Å². The maximum atomic E-state index is 12.2. The number of aryl methyl sites for hydroxylation is 1. The lowest BCUT2D eigenvalue weighted by atomic mass is 9.86. The number of hydrogen-bond donors (Lipinski definition) is 1. The second kappa shape index (κ2) is 8.32. The molecule has 1 saturated carbocycles. The molecule has 25 heavy (non-hydrogen) atoms. The molecule has 0 unspecified atom stereocenters. The van der Waals surface area contributed by atoms with Gasteiger partial charge in [-0.1, -0.05) is 50.3 Å². The Morgan fingerprint density at radius 1 is 1.16 bits per heavy atom. The number of nitrogens with zero attached hydrogens (tertiary/aromatic N) is 2. The van der Waals surface area contributed by atoms with Crippen molar-refractivity contribution in [1.82, 2.24) is 15.1 Å².